The smallest absolute Gasteiger partial charge is 0.416 e. The second-order valence-electron chi connectivity index (χ2n) is 8.22. The largest absolute Gasteiger partial charge is 0.483 e. The first-order valence-electron chi connectivity index (χ1n) is 9.84. The minimum atomic E-state index is -4.45. The standard InChI is InChI=1S/C23H27F3N2O3/c1-15-5-10-19(18(13-15)22(2,3)4)31-14-20(29)27-11-12-28-21(30)16-6-8-17(9-7-16)23(24,25)26/h5-10,13H,11-12,14H2,1-4H3,(H,27,29)(H,28,30). The number of rotatable bonds is 7. The second-order valence-corrected chi connectivity index (χ2v) is 8.22. The van der Waals surface area contributed by atoms with Crippen molar-refractivity contribution in [1.82, 2.24) is 10.6 Å². The fourth-order valence-electron chi connectivity index (χ4n) is 2.84. The highest BCUT2D eigenvalue weighted by molar-refractivity contribution is 5.94. The first-order valence-corrected chi connectivity index (χ1v) is 9.84. The molecule has 0 saturated heterocycles. The van der Waals surface area contributed by atoms with Crippen molar-refractivity contribution in [2.24, 2.45) is 0 Å². The molecule has 0 heterocycles. The van der Waals surface area contributed by atoms with Crippen LogP contribution in [0.25, 0.3) is 0 Å². The number of benzene rings is 2. The molecule has 0 aliphatic heterocycles. The van der Waals surface area contributed by atoms with Crippen LogP contribution >= 0.6 is 0 Å². The number of aryl methyl sites for hydroxylation is 1. The highest BCUT2D eigenvalue weighted by Crippen LogP contribution is 2.32. The fraction of sp³-hybridized carbons (Fsp3) is 0.391. The average molecular weight is 436 g/mol. The zero-order chi connectivity index (χ0) is 23.2. The van der Waals surface area contributed by atoms with Crippen molar-refractivity contribution in [3.05, 3.63) is 64.7 Å². The molecule has 2 aromatic rings. The molecule has 0 radical (unpaired) electrons. The molecule has 2 amide bonds. The Labute approximate surface area is 180 Å². The van der Waals surface area contributed by atoms with E-state index < -0.39 is 17.6 Å². The minimum absolute atomic E-state index is 0.108. The third-order valence-corrected chi connectivity index (χ3v) is 4.51. The molecule has 0 aliphatic carbocycles. The summed E-state index contributed by atoms with van der Waals surface area (Å²) in [5, 5.41) is 5.18. The van der Waals surface area contributed by atoms with E-state index in [0.717, 1.165) is 35.4 Å². The first kappa shape index (κ1) is 24.2. The molecule has 2 N–H and O–H groups in total. The number of hydrogen-bond donors (Lipinski definition) is 2. The van der Waals surface area contributed by atoms with Gasteiger partial charge in [0.25, 0.3) is 11.8 Å². The molecule has 8 heteroatoms. The monoisotopic (exact) mass is 436 g/mol. The van der Waals surface area contributed by atoms with Crippen LogP contribution in [-0.4, -0.2) is 31.5 Å². The summed E-state index contributed by atoms with van der Waals surface area (Å²) in [5.41, 5.74) is 1.26. The van der Waals surface area contributed by atoms with Gasteiger partial charge >= 0.3 is 6.18 Å². The van der Waals surface area contributed by atoms with Crippen LogP contribution < -0.4 is 15.4 Å². The van der Waals surface area contributed by atoms with Crippen molar-refractivity contribution in [3.8, 4) is 5.75 Å². The lowest BCUT2D eigenvalue weighted by atomic mass is 9.85. The number of carbonyl (C=O) groups is 2. The summed E-state index contributed by atoms with van der Waals surface area (Å²) in [7, 11) is 0. The molecule has 0 atom stereocenters. The normalized spacial score (nSPS) is 11.7. The van der Waals surface area contributed by atoms with E-state index in [4.69, 9.17) is 4.74 Å². The number of ether oxygens (including phenoxy) is 1. The molecule has 5 nitrogen and oxygen atoms in total. The maximum Gasteiger partial charge on any atom is 0.416 e. The van der Waals surface area contributed by atoms with E-state index in [1.54, 1.807) is 0 Å². The predicted molar refractivity (Wildman–Crippen MR) is 112 cm³/mol. The molecule has 0 spiro atoms. The Bertz CT molecular complexity index is 917. The summed E-state index contributed by atoms with van der Waals surface area (Å²) in [6.07, 6.45) is -4.45. The van der Waals surface area contributed by atoms with Gasteiger partial charge in [0, 0.05) is 18.7 Å². The molecule has 0 aromatic heterocycles. The molecule has 0 saturated carbocycles. The minimum Gasteiger partial charge on any atom is -0.483 e. The van der Waals surface area contributed by atoms with Gasteiger partial charge in [0.05, 0.1) is 5.56 Å². The molecular formula is C23H27F3N2O3. The molecule has 2 rings (SSSR count). The van der Waals surface area contributed by atoms with Crippen LogP contribution in [0.5, 0.6) is 5.75 Å². The fourth-order valence-corrected chi connectivity index (χ4v) is 2.84. The van der Waals surface area contributed by atoms with E-state index in [-0.39, 0.29) is 36.6 Å². The van der Waals surface area contributed by atoms with Crippen LogP contribution in [0.1, 0.15) is 47.8 Å². The number of alkyl halides is 3. The van der Waals surface area contributed by atoms with E-state index >= 15 is 0 Å². The van der Waals surface area contributed by atoms with Gasteiger partial charge in [-0.3, -0.25) is 9.59 Å². The van der Waals surface area contributed by atoms with Gasteiger partial charge < -0.3 is 15.4 Å². The van der Waals surface area contributed by atoms with Gasteiger partial charge in [-0.2, -0.15) is 13.2 Å². The quantitative estimate of drug-likeness (QED) is 0.638. The van der Waals surface area contributed by atoms with Crippen LogP contribution in [0.3, 0.4) is 0 Å². The van der Waals surface area contributed by atoms with Crippen LogP contribution in [0.4, 0.5) is 13.2 Å². The summed E-state index contributed by atoms with van der Waals surface area (Å²) in [6, 6.07) is 9.71. The molecule has 0 unspecified atom stereocenters. The van der Waals surface area contributed by atoms with Gasteiger partial charge in [-0.15, -0.1) is 0 Å². The Kier molecular flexibility index (Phi) is 7.70. The number of halogens is 3. The molecule has 0 aliphatic rings. The van der Waals surface area contributed by atoms with Crippen molar-refractivity contribution in [1.29, 1.82) is 0 Å². The molecule has 0 bridgehead atoms. The Morgan fingerprint density at radius 1 is 0.935 bits per heavy atom. The summed E-state index contributed by atoms with van der Waals surface area (Å²) in [5.74, 6) is -0.221. The summed E-state index contributed by atoms with van der Waals surface area (Å²) < 4.78 is 43.4. The highest BCUT2D eigenvalue weighted by atomic mass is 19.4. The van der Waals surface area contributed by atoms with Gasteiger partial charge in [-0.25, -0.2) is 0 Å². The molecular weight excluding hydrogens is 409 g/mol. The summed E-state index contributed by atoms with van der Waals surface area (Å²) in [4.78, 5) is 24.0. The summed E-state index contributed by atoms with van der Waals surface area (Å²) in [6.45, 7) is 8.30. The van der Waals surface area contributed by atoms with Gasteiger partial charge in [0.15, 0.2) is 6.61 Å². The highest BCUT2D eigenvalue weighted by Gasteiger charge is 2.30. The Morgan fingerprint density at radius 2 is 1.55 bits per heavy atom. The molecule has 31 heavy (non-hydrogen) atoms. The molecule has 2 aromatic carbocycles. The van der Waals surface area contributed by atoms with Gasteiger partial charge in [0.1, 0.15) is 5.75 Å². The average Bonchev–Trinajstić information content (AvgIpc) is 2.68. The predicted octanol–water partition coefficient (Wildman–Crippen LogP) is 4.24. The Hall–Kier alpha value is -3.03. The SMILES string of the molecule is Cc1ccc(OCC(=O)NCCNC(=O)c2ccc(C(F)(F)F)cc2)c(C(C)(C)C)c1. The zero-order valence-electron chi connectivity index (χ0n) is 18.0. The lowest BCUT2D eigenvalue weighted by Gasteiger charge is -2.23. The van der Waals surface area contributed by atoms with Crippen molar-refractivity contribution >= 4 is 11.8 Å². The third kappa shape index (κ3) is 7.31. The van der Waals surface area contributed by atoms with E-state index in [9.17, 15) is 22.8 Å². The Morgan fingerprint density at radius 3 is 2.13 bits per heavy atom. The first-order chi connectivity index (χ1) is 14.4. The van der Waals surface area contributed by atoms with E-state index in [1.165, 1.54) is 0 Å². The van der Waals surface area contributed by atoms with Gasteiger partial charge in [0.2, 0.25) is 0 Å². The lowest BCUT2D eigenvalue weighted by Crippen LogP contribution is -2.37. The third-order valence-electron chi connectivity index (χ3n) is 4.51. The lowest BCUT2D eigenvalue weighted by molar-refractivity contribution is -0.137. The van der Waals surface area contributed by atoms with Crippen molar-refractivity contribution in [2.75, 3.05) is 19.7 Å². The number of nitrogens with one attached hydrogen (secondary N) is 2. The second kappa shape index (κ2) is 9.85. The van der Waals surface area contributed by atoms with E-state index in [0.29, 0.717) is 5.75 Å². The maximum atomic E-state index is 12.6. The zero-order valence-corrected chi connectivity index (χ0v) is 18.0. The van der Waals surface area contributed by atoms with E-state index in [2.05, 4.69) is 31.4 Å². The Balaban J connectivity index is 1.77. The van der Waals surface area contributed by atoms with Crippen LogP contribution in [0.15, 0.2) is 42.5 Å². The van der Waals surface area contributed by atoms with Gasteiger partial charge in [-0.05, 0) is 48.2 Å². The van der Waals surface area contributed by atoms with Crippen molar-refractivity contribution in [2.45, 2.75) is 39.3 Å². The van der Waals surface area contributed by atoms with Gasteiger partial charge in [-0.1, -0.05) is 38.5 Å². The van der Waals surface area contributed by atoms with Crippen molar-refractivity contribution < 1.29 is 27.5 Å². The summed E-state index contributed by atoms with van der Waals surface area (Å²) >= 11 is 0. The van der Waals surface area contributed by atoms with Crippen LogP contribution in [0, 0.1) is 6.92 Å². The molecule has 168 valence electrons. The number of carbonyl (C=O) groups excluding carboxylic acids is 2. The number of amides is 2. The topological polar surface area (TPSA) is 67.4 Å². The van der Waals surface area contributed by atoms with Crippen LogP contribution in [0.2, 0.25) is 0 Å². The number of hydrogen-bond acceptors (Lipinski definition) is 3. The molecule has 0 fully saturated rings. The van der Waals surface area contributed by atoms with E-state index in [1.807, 2.05) is 25.1 Å². The van der Waals surface area contributed by atoms with Crippen molar-refractivity contribution in [3.63, 3.8) is 0 Å². The maximum absolute atomic E-state index is 12.6. The van der Waals surface area contributed by atoms with Crippen LogP contribution in [-0.2, 0) is 16.4 Å².